The SMILES string of the molecule is COC(=O)CCC(O)(CC(=O)O)C(=O)O. The van der Waals surface area contributed by atoms with Gasteiger partial charge < -0.3 is 20.1 Å². The molecule has 0 aromatic heterocycles. The number of hydrogen-bond acceptors (Lipinski definition) is 5. The normalized spacial score (nSPS) is 14.0. The number of carbonyl (C=O) groups is 3. The highest BCUT2D eigenvalue weighted by Crippen LogP contribution is 2.18. The standard InChI is InChI=1S/C8H12O7/c1-15-6(11)2-3-8(14,7(12)13)4-5(9)10/h14H,2-4H2,1H3,(H,9,10)(H,12,13). The first-order valence-electron chi connectivity index (χ1n) is 4.06. The summed E-state index contributed by atoms with van der Waals surface area (Å²) < 4.78 is 4.24. The molecule has 1 atom stereocenters. The minimum Gasteiger partial charge on any atom is -0.481 e. The van der Waals surface area contributed by atoms with Gasteiger partial charge in [0.2, 0.25) is 0 Å². The van der Waals surface area contributed by atoms with Crippen LogP contribution in [0.15, 0.2) is 0 Å². The van der Waals surface area contributed by atoms with Crippen LogP contribution in [0.5, 0.6) is 0 Å². The van der Waals surface area contributed by atoms with Gasteiger partial charge in [0.1, 0.15) is 0 Å². The Kier molecular flexibility index (Phi) is 4.72. The van der Waals surface area contributed by atoms with Crippen molar-refractivity contribution in [3.63, 3.8) is 0 Å². The zero-order valence-corrected chi connectivity index (χ0v) is 8.10. The molecule has 0 radical (unpaired) electrons. The molecule has 0 aliphatic carbocycles. The van der Waals surface area contributed by atoms with E-state index in [9.17, 15) is 19.5 Å². The van der Waals surface area contributed by atoms with Crippen LogP contribution in [-0.2, 0) is 19.1 Å². The summed E-state index contributed by atoms with van der Waals surface area (Å²) in [6, 6.07) is 0. The fourth-order valence-corrected chi connectivity index (χ4v) is 0.932. The average Bonchev–Trinajstić information content (AvgIpc) is 2.12. The number of hydrogen-bond donors (Lipinski definition) is 3. The summed E-state index contributed by atoms with van der Waals surface area (Å²) in [5.74, 6) is -3.83. The molecule has 0 fully saturated rings. The van der Waals surface area contributed by atoms with Gasteiger partial charge in [-0.1, -0.05) is 0 Å². The second-order valence-electron chi connectivity index (χ2n) is 2.98. The van der Waals surface area contributed by atoms with Crippen molar-refractivity contribution in [3.8, 4) is 0 Å². The maximum absolute atomic E-state index is 10.7. The Morgan fingerprint density at radius 3 is 2.13 bits per heavy atom. The molecule has 0 saturated heterocycles. The summed E-state index contributed by atoms with van der Waals surface area (Å²) in [6.07, 6.45) is -1.81. The van der Waals surface area contributed by atoms with E-state index in [4.69, 9.17) is 10.2 Å². The van der Waals surface area contributed by atoms with E-state index >= 15 is 0 Å². The lowest BCUT2D eigenvalue weighted by molar-refractivity contribution is -0.167. The molecule has 0 heterocycles. The molecule has 3 N–H and O–H groups in total. The molecule has 0 aromatic carbocycles. The third-order valence-corrected chi connectivity index (χ3v) is 1.81. The minimum absolute atomic E-state index is 0.355. The second-order valence-corrected chi connectivity index (χ2v) is 2.98. The van der Waals surface area contributed by atoms with Crippen LogP contribution in [0.1, 0.15) is 19.3 Å². The molecular formula is C8H12O7. The molecule has 0 rings (SSSR count). The number of methoxy groups -OCH3 is 1. The molecular weight excluding hydrogens is 208 g/mol. The van der Waals surface area contributed by atoms with Crippen molar-refractivity contribution in [1.29, 1.82) is 0 Å². The van der Waals surface area contributed by atoms with E-state index in [1.54, 1.807) is 0 Å². The number of carboxylic acid groups (broad SMARTS) is 2. The Bertz CT molecular complexity index is 272. The fraction of sp³-hybridized carbons (Fsp3) is 0.625. The van der Waals surface area contributed by atoms with E-state index in [0.29, 0.717) is 0 Å². The number of carbonyl (C=O) groups excluding carboxylic acids is 1. The van der Waals surface area contributed by atoms with Gasteiger partial charge in [0, 0.05) is 6.42 Å². The maximum atomic E-state index is 10.7. The Hall–Kier alpha value is -1.63. The van der Waals surface area contributed by atoms with Gasteiger partial charge in [0.25, 0.3) is 0 Å². The number of aliphatic hydroxyl groups is 1. The van der Waals surface area contributed by atoms with Crippen LogP contribution in [0.4, 0.5) is 0 Å². The van der Waals surface area contributed by atoms with Crippen LogP contribution in [0.2, 0.25) is 0 Å². The van der Waals surface area contributed by atoms with Crippen molar-refractivity contribution >= 4 is 17.9 Å². The smallest absolute Gasteiger partial charge is 0.336 e. The molecule has 0 aromatic rings. The fourth-order valence-electron chi connectivity index (χ4n) is 0.932. The summed E-state index contributed by atoms with van der Waals surface area (Å²) in [5.41, 5.74) is -2.43. The van der Waals surface area contributed by atoms with Crippen LogP contribution in [0, 0.1) is 0 Å². The Balaban J connectivity index is 4.45. The molecule has 0 aliphatic heterocycles. The first-order chi connectivity index (χ1) is 6.81. The monoisotopic (exact) mass is 220 g/mol. The van der Waals surface area contributed by atoms with E-state index in [-0.39, 0.29) is 6.42 Å². The van der Waals surface area contributed by atoms with Crippen LogP contribution in [0.25, 0.3) is 0 Å². The predicted octanol–water partition coefficient (Wildman–Crippen LogP) is -0.770. The summed E-state index contributed by atoms with van der Waals surface area (Å²) in [5, 5.41) is 26.4. The van der Waals surface area contributed by atoms with Gasteiger partial charge in [-0.25, -0.2) is 4.79 Å². The van der Waals surface area contributed by atoms with Crippen LogP contribution >= 0.6 is 0 Å². The molecule has 86 valence electrons. The molecule has 7 nitrogen and oxygen atoms in total. The van der Waals surface area contributed by atoms with Crippen LogP contribution in [0.3, 0.4) is 0 Å². The van der Waals surface area contributed by atoms with E-state index in [0.717, 1.165) is 7.11 Å². The highest BCUT2D eigenvalue weighted by atomic mass is 16.5. The average molecular weight is 220 g/mol. The molecule has 0 spiro atoms. The topological polar surface area (TPSA) is 121 Å². The number of carboxylic acids is 2. The van der Waals surface area contributed by atoms with Crippen molar-refractivity contribution in [2.24, 2.45) is 0 Å². The molecule has 0 amide bonds. The third-order valence-electron chi connectivity index (χ3n) is 1.81. The van der Waals surface area contributed by atoms with Crippen molar-refractivity contribution in [1.82, 2.24) is 0 Å². The first kappa shape index (κ1) is 13.4. The number of esters is 1. The van der Waals surface area contributed by atoms with Gasteiger partial charge in [0.15, 0.2) is 5.60 Å². The van der Waals surface area contributed by atoms with Gasteiger partial charge >= 0.3 is 17.9 Å². The Morgan fingerprint density at radius 1 is 1.27 bits per heavy atom. The van der Waals surface area contributed by atoms with E-state index in [1.165, 1.54) is 0 Å². The summed E-state index contributed by atoms with van der Waals surface area (Å²) >= 11 is 0. The van der Waals surface area contributed by atoms with Gasteiger partial charge in [-0.3, -0.25) is 9.59 Å². The first-order valence-corrected chi connectivity index (χ1v) is 4.06. The minimum atomic E-state index is -2.43. The van der Waals surface area contributed by atoms with Crippen molar-refractivity contribution in [2.45, 2.75) is 24.9 Å². The van der Waals surface area contributed by atoms with Gasteiger partial charge in [-0.15, -0.1) is 0 Å². The van der Waals surface area contributed by atoms with Crippen molar-refractivity contribution < 1.29 is 34.4 Å². The number of aliphatic carboxylic acids is 2. The van der Waals surface area contributed by atoms with E-state index in [1.807, 2.05) is 0 Å². The third kappa shape index (κ3) is 4.41. The van der Waals surface area contributed by atoms with Crippen molar-refractivity contribution in [2.75, 3.05) is 7.11 Å². The highest BCUT2D eigenvalue weighted by Gasteiger charge is 2.38. The van der Waals surface area contributed by atoms with Gasteiger partial charge in [-0.2, -0.15) is 0 Å². The van der Waals surface area contributed by atoms with E-state index in [2.05, 4.69) is 4.74 Å². The highest BCUT2D eigenvalue weighted by molar-refractivity contribution is 5.84. The van der Waals surface area contributed by atoms with Gasteiger partial charge in [-0.05, 0) is 6.42 Å². The quantitative estimate of drug-likeness (QED) is 0.502. The Morgan fingerprint density at radius 2 is 1.80 bits per heavy atom. The molecule has 15 heavy (non-hydrogen) atoms. The largest absolute Gasteiger partial charge is 0.481 e. The van der Waals surface area contributed by atoms with Crippen LogP contribution in [-0.4, -0.2) is 45.9 Å². The molecule has 0 bridgehead atoms. The summed E-state index contributed by atoms with van der Waals surface area (Å²) in [6.45, 7) is 0. The Labute approximate surface area is 85.3 Å². The second kappa shape index (κ2) is 5.30. The maximum Gasteiger partial charge on any atom is 0.336 e. The van der Waals surface area contributed by atoms with Gasteiger partial charge in [0.05, 0.1) is 13.5 Å². The lowest BCUT2D eigenvalue weighted by Crippen LogP contribution is -2.41. The zero-order chi connectivity index (χ0) is 12.1. The van der Waals surface area contributed by atoms with Crippen LogP contribution < -0.4 is 0 Å². The lowest BCUT2D eigenvalue weighted by Gasteiger charge is -2.20. The van der Waals surface area contributed by atoms with Crippen molar-refractivity contribution in [3.05, 3.63) is 0 Å². The number of ether oxygens (including phenoxy) is 1. The summed E-state index contributed by atoms with van der Waals surface area (Å²) in [4.78, 5) is 31.6. The number of rotatable bonds is 6. The zero-order valence-electron chi connectivity index (χ0n) is 8.10. The molecule has 0 saturated carbocycles. The molecule has 1 unspecified atom stereocenters. The van der Waals surface area contributed by atoms with E-state index < -0.39 is 36.4 Å². The summed E-state index contributed by atoms with van der Waals surface area (Å²) in [7, 11) is 1.11. The lowest BCUT2D eigenvalue weighted by atomic mass is 9.94. The molecule has 0 aliphatic rings. The molecule has 7 heteroatoms. The predicted molar refractivity (Wildman–Crippen MR) is 46.1 cm³/mol.